The van der Waals surface area contributed by atoms with Gasteiger partial charge in [-0.3, -0.25) is 14.4 Å². The molecule has 4 heterocycles. The number of anilines is 1. The molecule has 0 spiro atoms. The van der Waals surface area contributed by atoms with Gasteiger partial charge in [0.05, 0.1) is 23.3 Å². The summed E-state index contributed by atoms with van der Waals surface area (Å²) in [5.74, 6) is 1.49. The molecule has 2 aliphatic heterocycles. The van der Waals surface area contributed by atoms with Crippen LogP contribution in [0.4, 0.5) is 5.82 Å². The second kappa shape index (κ2) is 13.3. The van der Waals surface area contributed by atoms with Crippen LogP contribution in [-0.4, -0.2) is 61.8 Å². The van der Waals surface area contributed by atoms with Crippen molar-refractivity contribution >= 4 is 34.5 Å². The molecule has 2 aliphatic rings. The molecule has 2 N–H and O–H groups in total. The molecule has 0 saturated carbocycles. The number of imidazole rings is 1. The first kappa shape index (κ1) is 32.5. The minimum atomic E-state index is -0.519. The lowest BCUT2D eigenvalue weighted by Crippen LogP contribution is -2.46. The smallest absolute Gasteiger partial charge is 0.248 e. The van der Waals surface area contributed by atoms with E-state index in [2.05, 4.69) is 58.6 Å². The van der Waals surface area contributed by atoms with E-state index in [0.717, 1.165) is 54.0 Å². The molecule has 47 heavy (non-hydrogen) atoms. The minimum Gasteiger partial charge on any atom is -0.354 e. The first-order chi connectivity index (χ1) is 22.5. The lowest BCUT2D eigenvalue weighted by Gasteiger charge is -2.28. The number of rotatable bonds is 9. The number of nitrogens with one attached hydrogen (secondary N) is 2. The number of carbonyl (C=O) groups is 3. The zero-order valence-electron chi connectivity index (χ0n) is 28.2. The van der Waals surface area contributed by atoms with Crippen LogP contribution in [-0.2, 0) is 14.4 Å². The summed E-state index contributed by atoms with van der Waals surface area (Å²) in [5.41, 5.74) is 4.43. The van der Waals surface area contributed by atoms with Crippen molar-refractivity contribution in [1.82, 2.24) is 24.9 Å². The van der Waals surface area contributed by atoms with Crippen molar-refractivity contribution in [3.8, 4) is 22.4 Å². The van der Waals surface area contributed by atoms with Crippen LogP contribution >= 0.6 is 0 Å². The topological polar surface area (TPSA) is 124 Å². The van der Waals surface area contributed by atoms with E-state index in [9.17, 15) is 14.4 Å². The van der Waals surface area contributed by atoms with Crippen LogP contribution in [0, 0.1) is 23.7 Å². The molecule has 2 saturated heterocycles. The Morgan fingerprint density at radius 2 is 1.45 bits per heavy atom. The van der Waals surface area contributed by atoms with Gasteiger partial charge in [-0.15, -0.1) is 0 Å². The summed E-state index contributed by atoms with van der Waals surface area (Å²) in [4.78, 5) is 51.5. The van der Waals surface area contributed by atoms with Gasteiger partial charge < -0.3 is 24.6 Å². The predicted octanol–water partition coefficient (Wildman–Crippen LogP) is 7.06. The molecule has 2 aromatic carbocycles. The van der Waals surface area contributed by atoms with Gasteiger partial charge in [0.2, 0.25) is 17.7 Å². The highest BCUT2D eigenvalue weighted by Gasteiger charge is 2.37. The van der Waals surface area contributed by atoms with Crippen LogP contribution in [0.3, 0.4) is 0 Å². The van der Waals surface area contributed by atoms with Gasteiger partial charge in [-0.05, 0) is 66.3 Å². The first-order valence-corrected chi connectivity index (χ1v) is 17.0. The van der Waals surface area contributed by atoms with Crippen molar-refractivity contribution in [3.05, 3.63) is 54.5 Å². The molecule has 4 unspecified atom stereocenters. The molecule has 2 aromatic heterocycles. The molecule has 4 aromatic rings. The fourth-order valence-corrected chi connectivity index (χ4v) is 6.61. The Hall–Kier alpha value is -4.47. The normalized spacial score (nSPS) is 19.6. The highest BCUT2D eigenvalue weighted by molar-refractivity contribution is 6.03. The van der Waals surface area contributed by atoms with Gasteiger partial charge in [0.25, 0.3) is 0 Å². The van der Waals surface area contributed by atoms with Crippen LogP contribution in [0.1, 0.15) is 79.1 Å². The Morgan fingerprint density at radius 3 is 2.15 bits per heavy atom. The van der Waals surface area contributed by atoms with Gasteiger partial charge in [-0.2, -0.15) is 0 Å². The van der Waals surface area contributed by atoms with Crippen LogP contribution in [0.25, 0.3) is 33.4 Å². The summed E-state index contributed by atoms with van der Waals surface area (Å²) in [6, 6.07) is 13.5. The van der Waals surface area contributed by atoms with E-state index in [1.54, 1.807) is 4.90 Å². The van der Waals surface area contributed by atoms with E-state index in [4.69, 9.17) is 4.52 Å². The van der Waals surface area contributed by atoms with E-state index < -0.39 is 6.04 Å². The number of H-pyrrole nitrogens is 1. The van der Waals surface area contributed by atoms with Crippen molar-refractivity contribution < 1.29 is 18.9 Å². The van der Waals surface area contributed by atoms with Crippen LogP contribution in [0.5, 0.6) is 0 Å². The summed E-state index contributed by atoms with van der Waals surface area (Å²) in [6.07, 6.45) is 5.15. The molecule has 0 radical (unpaired) electrons. The molecule has 10 nitrogen and oxygen atoms in total. The summed E-state index contributed by atoms with van der Waals surface area (Å²) in [5, 5.41) is 7.80. The number of aromatic nitrogens is 3. The van der Waals surface area contributed by atoms with Crippen molar-refractivity contribution in [1.29, 1.82) is 0 Å². The predicted molar refractivity (Wildman–Crippen MR) is 182 cm³/mol. The lowest BCUT2D eigenvalue weighted by molar-refractivity contribution is -0.140. The highest BCUT2D eigenvalue weighted by Crippen LogP contribution is 2.35. The number of fused-ring (bicyclic) bond motifs is 1. The Balaban J connectivity index is 1.16. The summed E-state index contributed by atoms with van der Waals surface area (Å²) < 4.78 is 5.53. The standard InChI is InChI=1S/C37H46N6O4/c1-21(2)23(5)36(45)42-17-7-9-30(42)34-38-20-29(39-34)26-13-11-25(12-14-26)27-15-16-32-28(19-27)33(41-47-32)40-35(44)31-10-8-18-43(31)37(46)24(6)22(3)4/h11-16,19-24,30-31H,7-10,17-18H2,1-6H3,(H,38,39)(H,40,41,44). The maximum absolute atomic E-state index is 13.4. The fourth-order valence-electron chi connectivity index (χ4n) is 6.61. The largest absolute Gasteiger partial charge is 0.354 e. The van der Waals surface area contributed by atoms with Crippen LogP contribution in [0.2, 0.25) is 0 Å². The average molecular weight is 639 g/mol. The number of likely N-dealkylation sites (tertiary alicyclic amines) is 2. The zero-order chi connectivity index (χ0) is 33.4. The second-order valence-electron chi connectivity index (χ2n) is 13.9. The SMILES string of the molecule is CC(C)C(C)C(=O)N1CCCC1C(=O)Nc1noc2ccc(-c3ccc(-c4cnc(C5CCCN5C(=O)C(C)C(C)C)[nH]4)cc3)cc12. The maximum Gasteiger partial charge on any atom is 0.248 e. The number of aromatic amines is 1. The van der Waals surface area contributed by atoms with E-state index >= 15 is 0 Å². The third-order valence-electron chi connectivity index (χ3n) is 10.3. The van der Waals surface area contributed by atoms with Gasteiger partial charge in [0.1, 0.15) is 11.9 Å². The van der Waals surface area contributed by atoms with Gasteiger partial charge in [0, 0.05) is 24.9 Å². The van der Waals surface area contributed by atoms with E-state index in [1.807, 2.05) is 57.0 Å². The average Bonchev–Trinajstić information content (AvgIpc) is 3.89. The zero-order valence-corrected chi connectivity index (χ0v) is 28.2. The van der Waals surface area contributed by atoms with Crippen molar-refractivity contribution in [2.24, 2.45) is 23.7 Å². The number of nitrogens with zero attached hydrogens (tertiary/aromatic N) is 4. The van der Waals surface area contributed by atoms with Gasteiger partial charge in [-0.25, -0.2) is 4.98 Å². The van der Waals surface area contributed by atoms with Gasteiger partial charge in [-0.1, -0.05) is 77.0 Å². The molecule has 4 atom stereocenters. The third kappa shape index (κ3) is 6.42. The molecular formula is C37H46N6O4. The number of hydrogen-bond acceptors (Lipinski definition) is 6. The molecule has 10 heteroatoms. The Kier molecular flexibility index (Phi) is 9.21. The molecule has 0 aliphatic carbocycles. The third-order valence-corrected chi connectivity index (χ3v) is 10.3. The monoisotopic (exact) mass is 638 g/mol. The highest BCUT2D eigenvalue weighted by atomic mass is 16.5. The molecule has 3 amide bonds. The maximum atomic E-state index is 13.4. The van der Waals surface area contributed by atoms with E-state index in [1.165, 1.54) is 0 Å². The van der Waals surface area contributed by atoms with Crippen LogP contribution < -0.4 is 5.32 Å². The lowest BCUT2D eigenvalue weighted by atomic mass is 9.96. The van der Waals surface area contributed by atoms with E-state index in [-0.39, 0.29) is 41.5 Å². The summed E-state index contributed by atoms with van der Waals surface area (Å²) >= 11 is 0. The molecule has 0 bridgehead atoms. The van der Waals surface area contributed by atoms with Crippen molar-refractivity contribution in [2.75, 3.05) is 18.4 Å². The Labute approximate surface area is 276 Å². The van der Waals surface area contributed by atoms with E-state index in [0.29, 0.717) is 35.7 Å². The molecule has 6 rings (SSSR count). The minimum absolute atomic E-state index is 0.0196. The Morgan fingerprint density at radius 1 is 0.830 bits per heavy atom. The number of amides is 3. The number of benzene rings is 2. The summed E-state index contributed by atoms with van der Waals surface area (Å²) in [6.45, 7) is 13.5. The molecular weight excluding hydrogens is 592 g/mol. The molecule has 2 fully saturated rings. The number of hydrogen-bond donors (Lipinski definition) is 2. The van der Waals surface area contributed by atoms with Crippen LogP contribution in [0.15, 0.2) is 53.2 Å². The Bertz CT molecular complexity index is 1760. The second-order valence-corrected chi connectivity index (χ2v) is 13.9. The molecule has 248 valence electrons. The van der Waals surface area contributed by atoms with Gasteiger partial charge in [0.15, 0.2) is 11.4 Å². The van der Waals surface area contributed by atoms with Gasteiger partial charge >= 0.3 is 0 Å². The summed E-state index contributed by atoms with van der Waals surface area (Å²) in [7, 11) is 0. The number of carbonyl (C=O) groups excluding carboxylic acids is 3. The van der Waals surface area contributed by atoms with Crippen molar-refractivity contribution in [3.63, 3.8) is 0 Å². The fraction of sp³-hybridized carbons (Fsp3) is 0.486. The first-order valence-electron chi connectivity index (χ1n) is 17.0. The van der Waals surface area contributed by atoms with Crippen molar-refractivity contribution in [2.45, 2.75) is 79.3 Å². The quantitative estimate of drug-likeness (QED) is 0.202.